The molecule has 0 atom stereocenters. The summed E-state index contributed by atoms with van der Waals surface area (Å²) in [6, 6.07) is 12.1. The standard InChI is InChI=1S/C25H20N4O6/c1-28-22(30)18(20(26-28)14-6-10-16(11-7-14)24(32)33)4-3-5-19-21(27-29(2)23(19)31)15-8-12-17(13-9-15)25(34)35/h4-13,26-27H,1-2H3,(H,32,33)(H,34,35). The van der Waals surface area contributed by atoms with E-state index in [1.54, 1.807) is 38.4 Å². The van der Waals surface area contributed by atoms with Gasteiger partial charge in [-0.2, -0.15) is 0 Å². The van der Waals surface area contributed by atoms with Gasteiger partial charge in [0.05, 0.1) is 33.6 Å². The normalized spacial score (nSPS) is 10.6. The molecule has 0 bridgehead atoms. The number of hydrogen-bond donors (Lipinski definition) is 4. The van der Waals surface area contributed by atoms with Crippen molar-refractivity contribution < 1.29 is 19.8 Å². The Morgan fingerprint density at radius 3 is 1.37 bits per heavy atom. The second-order valence-electron chi connectivity index (χ2n) is 7.75. The van der Waals surface area contributed by atoms with E-state index in [1.807, 2.05) is 0 Å². The second-order valence-corrected chi connectivity index (χ2v) is 7.75. The van der Waals surface area contributed by atoms with Crippen LogP contribution in [0.15, 0.2) is 63.9 Å². The van der Waals surface area contributed by atoms with E-state index in [-0.39, 0.29) is 33.4 Å². The van der Waals surface area contributed by atoms with Crippen LogP contribution < -0.4 is 11.1 Å². The van der Waals surface area contributed by atoms with Gasteiger partial charge in [-0.3, -0.25) is 29.2 Å². The minimum absolute atomic E-state index is 0.122. The van der Waals surface area contributed by atoms with E-state index in [1.165, 1.54) is 45.8 Å². The molecule has 4 rings (SSSR count). The number of aryl methyl sites for hydroxylation is 2. The highest BCUT2D eigenvalue weighted by atomic mass is 16.4. The Kier molecular flexibility index (Phi) is 5.97. The van der Waals surface area contributed by atoms with Crippen LogP contribution in [0, 0.1) is 0 Å². The van der Waals surface area contributed by atoms with Crippen LogP contribution in [0.25, 0.3) is 34.7 Å². The van der Waals surface area contributed by atoms with E-state index < -0.39 is 11.9 Å². The fraction of sp³-hybridized carbons (Fsp3) is 0.0800. The van der Waals surface area contributed by atoms with Crippen LogP contribution >= 0.6 is 0 Å². The first-order chi connectivity index (χ1) is 16.7. The third kappa shape index (κ3) is 4.41. The molecule has 0 unspecified atom stereocenters. The number of aromatic nitrogens is 4. The summed E-state index contributed by atoms with van der Waals surface area (Å²) in [4.78, 5) is 47.6. The maximum Gasteiger partial charge on any atom is 0.335 e. The first-order valence-electron chi connectivity index (χ1n) is 10.3. The largest absolute Gasteiger partial charge is 0.478 e. The summed E-state index contributed by atoms with van der Waals surface area (Å²) >= 11 is 0. The summed E-state index contributed by atoms with van der Waals surface area (Å²) in [6.07, 6.45) is 2.89. The van der Waals surface area contributed by atoms with Crippen molar-refractivity contribution in [3.8, 4) is 22.5 Å². The lowest BCUT2D eigenvalue weighted by Gasteiger charge is -2.01. The molecule has 0 aliphatic carbocycles. The van der Waals surface area contributed by atoms with Gasteiger partial charge >= 0.3 is 11.9 Å². The fourth-order valence-electron chi connectivity index (χ4n) is 3.61. The summed E-state index contributed by atoms with van der Waals surface area (Å²) in [5, 5.41) is 24.1. The Morgan fingerprint density at radius 1 is 0.714 bits per heavy atom. The lowest BCUT2D eigenvalue weighted by atomic mass is 10.0. The van der Waals surface area contributed by atoms with Gasteiger partial charge in [-0.05, 0) is 36.4 Å². The van der Waals surface area contributed by atoms with E-state index in [2.05, 4.69) is 15.9 Å². The van der Waals surface area contributed by atoms with Gasteiger partial charge in [0, 0.05) is 25.2 Å². The van der Waals surface area contributed by atoms with Gasteiger partial charge in [0.15, 0.2) is 0 Å². The lowest BCUT2D eigenvalue weighted by Crippen LogP contribution is -2.13. The third-order valence-corrected chi connectivity index (χ3v) is 5.46. The number of carboxylic acid groups (broad SMARTS) is 2. The molecule has 35 heavy (non-hydrogen) atoms. The number of benzene rings is 2. The van der Waals surface area contributed by atoms with E-state index in [0.29, 0.717) is 22.5 Å². The molecule has 0 aliphatic heterocycles. The highest BCUT2D eigenvalue weighted by Gasteiger charge is 2.14. The van der Waals surface area contributed by atoms with Crippen LogP contribution in [0.2, 0.25) is 0 Å². The van der Waals surface area contributed by atoms with E-state index >= 15 is 0 Å². The number of aromatic carboxylic acids is 2. The molecule has 0 radical (unpaired) electrons. The summed E-state index contributed by atoms with van der Waals surface area (Å²) in [7, 11) is 3.11. The summed E-state index contributed by atoms with van der Waals surface area (Å²) in [5.74, 6) is -2.11. The maximum atomic E-state index is 12.7. The molecule has 2 aromatic carbocycles. The van der Waals surface area contributed by atoms with Gasteiger partial charge in [-0.25, -0.2) is 9.59 Å². The molecule has 0 saturated carbocycles. The van der Waals surface area contributed by atoms with Crippen molar-refractivity contribution in [1.29, 1.82) is 0 Å². The van der Waals surface area contributed by atoms with Crippen LogP contribution in [-0.2, 0) is 14.1 Å². The SMILES string of the molecule is Cn1[nH]c(-c2ccc(C(=O)O)cc2)c(C=C=Cc2c(-c3ccc(C(=O)O)cc3)[nH]n(C)c2=O)c1=O. The zero-order valence-electron chi connectivity index (χ0n) is 18.7. The van der Waals surface area contributed by atoms with Crippen molar-refractivity contribution in [2.75, 3.05) is 0 Å². The first-order valence-corrected chi connectivity index (χ1v) is 10.3. The highest BCUT2D eigenvalue weighted by molar-refractivity contribution is 5.89. The summed E-state index contributed by atoms with van der Waals surface area (Å²) in [6.45, 7) is 0. The Bertz CT molecular complexity index is 1500. The van der Waals surface area contributed by atoms with E-state index in [4.69, 9.17) is 10.2 Å². The highest BCUT2D eigenvalue weighted by Crippen LogP contribution is 2.23. The summed E-state index contributed by atoms with van der Waals surface area (Å²) in [5.41, 5.74) is 5.23. The molecule has 0 spiro atoms. The molecular formula is C25H20N4O6. The molecule has 10 heteroatoms. The molecule has 0 fully saturated rings. The quantitative estimate of drug-likeness (QED) is 0.317. The summed E-state index contributed by atoms with van der Waals surface area (Å²) < 4.78 is 2.58. The topological polar surface area (TPSA) is 150 Å². The number of aromatic amines is 2. The number of carbonyl (C=O) groups is 2. The van der Waals surface area contributed by atoms with E-state index in [0.717, 1.165) is 0 Å². The Morgan fingerprint density at radius 2 is 1.06 bits per heavy atom. The minimum Gasteiger partial charge on any atom is -0.478 e. The van der Waals surface area contributed by atoms with Crippen LogP contribution in [0.1, 0.15) is 31.8 Å². The molecular weight excluding hydrogens is 452 g/mol. The van der Waals surface area contributed by atoms with Gasteiger partial charge in [0.2, 0.25) is 0 Å². The Hall–Kier alpha value is -5.08. The number of hydrogen-bond acceptors (Lipinski definition) is 4. The van der Waals surface area contributed by atoms with Crippen molar-refractivity contribution in [3.63, 3.8) is 0 Å². The zero-order chi connectivity index (χ0) is 25.3. The number of nitrogens with one attached hydrogen (secondary N) is 2. The maximum absolute atomic E-state index is 12.7. The minimum atomic E-state index is -1.05. The number of H-pyrrole nitrogens is 2. The Balaban J connectivity index is 1.76. The number of rotatable bonds is 6. The smallest absolute Gasteiger partial charge is 0.335 e. The number of carboxylic acids is 2. The molecule has 0 amide bonds. The predicted molar refractivity (Wildman–Crippen MR) is 129 cm³/mol. The van der Waals surface area contributed by atoms with Gasteiger partial charge < -0.3 is 10.2 Å². The van der Waals surface area contributed by atoms with Crippen molar-refractivity contribution >= 4 is 24.1 Å². The zero-order valence-corrected chi connectivity index (χ0v) is 18.7. The predicted octanol–water partition coefficient (Wildman–Crippen LogP) is 2.80. The number of nitrogens with zero attached hydrogens (tertiary/aromatic N) is 2. The molecule has 0 saturated heterocycles. The van der Waals surface area contributed by atoms with Crippen molar-refractivity contribution in [2.45, 2.75) is 0 Å². The average Bonchev–Trinajstić information content (AvgIpc) is 3.29. The van der Waals surface area contributed by atoms with Crippen molar-refractivity contribution in [3.05, 3.63) is 97.2 Å². The fourth-order valence-corrected chi connectivity index (χ4v) is 3.61. The van der Waals surface area contributed by atoms with Crippen LogP contribution in [0.5, 0.6) is 0 Å². The van der Waals surface area contributed by atoms with Gasteiger partial charge in [-0.15, -0.1) is 5.73 Å². The molecule has 4 aromatic rings. The molecule has 10 nitrogen and oxygen atoms in total. The monoisotopic (exact) mass is 472 g/mol. The lowest BCUT2D eigenvalue weighted by molar-refractivity contribution is 0.0686. The van der Waals surface area contributed by atoms with Gasteiger partial charge in [0.25, 0.3) is 11.1 Å². The van der Waals surface area contributed by atoms with Crippen LogP contribution in [0.4, 0.5) is 0 Å². The Labute approximate surface area is 197 Å². The molecule has 2 heterocycles. The van der Waals surface area contributed by atoms with Gasteiger partial charge in [0.1, 0.15) is 0 Å². The van der Waals surface area contributed by atoms with E-state index in [9.17, 15) is 19.2 Å². The van der Waals surface area contributed by atoms with Gasteiger partial charge in [-0.1, -0.05) is 24.3 Å². The van der Waals surface area contributed by atoms with Crippen molar-refractivity contribution in [2.24, 2.45) is 14.1 Å². The molecule has 2 aromatic heterocycles. The van der Waals surface area contributed by atoms with Crippen LogP contribution in [0.3, 0.4) is 0 Å². The molecule has 0 aliphatic rings. The first kappa shape index (κ1) is 23.1. The van der Waals surface area contributed by atoms with Crippen molar-refractivity contribution in [1.82, 2.24) is 19.6 Å². The molecule has 4 N–H and O–H groups in total. The van der Waals surface area contributed by atoms with Crippen LogP contribution in [-0.4, -0.2) is 41.7 Å². The second kappa shape index (κ2) is 9.05. The molecule has 176 valence electrons. The average molecular weight is 472 g/mol. The third-order valence-electron chi connectivity index (χ3n) is 5.46.